The van der Waals surface area contributed by atoms with Gasteiger partial charge in [0.25, 0.3) is 0 Å². The first-order chi connectivity index (χ1) is 10.9. The van der Waals surface area contributed by atoms with Crippen molar-refractivity contribution in [1.29, 1.82) is 0 Å². The highest BCUT2D eigenvalue weighted by Gasteiger charge is 2.52. The Morgan fingerprint density at radius 2 is 2.04 bits per heavy atom. The molecule has 1 aromatic rings. The second-order valence-electron chi connectivity index (χ2n) is 5.82. The normalized spacial score (nSPS) is 26.1. The molecule has 2 amide bonds. The topological polar surface area (TPSA) is 75.7 Å². The fourth-order valence-corrected chi connectivity index (χ4v) is 4.48. The monoisotopic (exact) mass is 334 g/mol. The smallest absolute Gasteiger partial charge is 0.337 e. The lowest BCUT2D eigenvalue weighted by atomic mass is 10.2. The first-order valence-corrected chi connectivity index (χ1v) is 8.38. The zero-order valence-electron chi connectivity index (χ0n) is 13.0. The van der Waals surface area contributed by atoms with Crippen LogP contribution in [-0.4, -0.2) is 46.5 Å². The number of anilines is 1. The van der Waals surface area contributed by atoms with Crippen molar-refractivity contribution in [2.75, 3.05) is 18.2 Å². The number of amides is 2. The van der Waals surface area contributed by atoms with Crippen molar-refractivity contribution in [3.8, 4) is 0 Å². The van der Waals surface area contributed by atoms with Gasteiger partial charge in [-0.3, -0.25) is 9.59 Å². The van der Waals surface area contributed by atoms with Crippen LogP contribution < -0.4 is 5.32 Å². The van der Waals surface area contributed by atoms with Crippen LogP contribution in [0, 0.1) is 0 Å². The quantitative estimate of drug-likeness (QED) is 0.854. The average molecular weight is 334 g/mol. The molecule has 0 bridgehead atoms. The molecular formula is C16H18N2O4S. The third kappa shape index (κ3) is 2.81. The molecule has 23 heavy (non-hydrogen) atoms. The van der Waals surface area contributed by atoms with Gasteiger partial charge in [0.05, 0.1) is 17.5 Å². The molecule has 122 valence electrons. The summed E-state index contributed by atoms with van der Waals surface area (Å²) in [6, 6.07) is 6.04. The summed E-state index contributed by atoms with van der Waals surface area (Å²) in [7, 11) is 1.32. The maximum atomic E-state index is 12.5. The summed E-state index contributed by atoms with van der Waals surface area (Å²) in [6.45, 7) is 2.01. The highest BCUT2D eigenvalue weighted by atomic mass is 32.2. The number of nitrogens with zero attached hydrogens (tertiary/aromatic N) is 1. The van der Waals surface area contributed by atoms with Crippen molar-refractivity contribution in [1.82, 2.24) is 4.90 Å². The fraction of sp³-hybridized carbons (Fsp3) is 0.438. The molecule has 0 aliphatic carbocycles. The summed E-state index contributed by atoms with van der Waals surface area (Å²) in [5.41, 5.74) is 1.01. The second-order valence-corrected chi connectivity index (χ2v) is 7.33. The van der Waals surface area contributed by atoms with Gasteiger partial charge < -0.3 is 15.0 Å². The Morgan fingerprint density at radius 1 is 1.35 bits per heavy atom. The van der Waals surface area contributed by atoms with Crippen LogP contribution >= 0.6 is 11.8 Å². The zero-order valence-corrected chi connectivity index (χ0v) is 13.8. The number of hydrogen-bond donors (Lipinski definition) is 1. The van der Waals surface area contributed by atoms with Crippen LogP contribution in [0.5, 0.6) is 0 Å². The molecule has 3 rings (SSSR count). The van der Waals surface area contributed by atoms with Gasteiger partial charge in [-0.2, -0.15) is 0 Å². The summed E-state index contributed by atoms with van der Waals surface area (Å²) in [5.74, 6) is 0.0309. The van der Waals surface area contributed by atoms with Crippen LogP contribution in [0.3, 0.4) is 0 Å². The lowest BCUT2D eigenvalue weighted by molar-refractivity contribution is -0.135. The Morgan fingerprint density at radius 3 is 2.70 bits per heavy atom. The van der Waals surface area contributed by atoms with E-state index in [2.05, 4.69) is 10.1 Å². The number of ether oxygens (including phenoxy) is 1. The lowest BCUT2D eigenvalue weighted by Crippen LogP contribution is -2.48. The maximum absolute atomic E-state index is 12.5. The summed E-state index contributed by atoms with van der Waals surface area (Å²) >= 11 is 1.66. The molecule has 0 saturated carbocycles. The third-order valence-corrected chi connectivity index (χ3v) is 5.83. The van der Waals surface area contributed by atoms with Crippen molar-refractivity contribution in [2.24, 2.45) is 0 Å². The molecule has 0 spiro atoms. The fourth-order valence-electron chi connectivity index (χ4n) is 3.05. The van der Waals surface area contributed by atoms with E-state index in [9.17, 15) is 14.4 Å². The van der Waals surface area contributed by atoms with Crippen molar-refractivity contribution in [3.05, 3.63) is 29.8 Å². The van der Waals surface area contributed by atoms with E-state index < -0.39 is 12.0 Å². The Hall–Kier alpha value is -2.02. The molecule has 2 unspecified atom stereocenters. The van der Waals surface area contributed by atoms with Gasteiger partial charge in [0.1, 0.15) is 6.04 Å². The molecule has 7 heteroatoms. The predicted octanol–water partition coefficient (Wildman–Crippen LogP) is 1.87. The number of hydrogen-bond acceptors (Lipinski definition) is 5. The van der Waals surface area contributed by atoms with E-state index in [0.29, 0.717) is 23.4 Å². The Bertz CT molecular complexity index is 661. The predicted molar refractivity (Wildman–Crippen MR) is 87.1 cm³/mol. The number of methoxy groups -OCH3 is 1. The summed E-state index contributed by atoms with van der Waals surface area (Å²) in [5, 5.41) is 2.82. The van der Waals surface area contributed by atoms with Crippen LogP contribution in [0.2, 0.25) is 0 Å². The number of thioether (sulfide) groups is 1. The highest BCUT2D eigenvalue weighted by molar-refractivity contribution is 8.01. The minimum Gasteiger partial charge on any atom is -0.465 e. The molecule has 0 radical (unpaired) electrons. The number of carbonyl (C=O) groups excluding carboxylic acids is 3. The van der Waals surface area contributed by atoms with E-state index in [1.807, 2.05) is 6.92 Å². The minimum atomic E-state index is -0.444. The van der Waals surface area contributed by atoms with Crippen LogP contribution in [0.1, 0.15) is 30.1 Å². The number of esters is 1. The molecule has 2 saturated heterocycles. The molecule has 2 atom stereocenters. The zero-order chi connectivity index (χ0) is 16.6. The summed E-state index contributed by atoms with van der Waals surface area (Å²) in [6.07, 6.45) is 1.29. The summed E-state index contributed by atoms with van der Waals surface area (Å²) in [4.78, 5) is 37.4. The highest BCUT2D eigenvalue weighted by Crippen LogP contribution is 2.47. The third-order valence-electron chi connectivity index (χ3n) is 4.32. The largest absolute Gasteiger partial charge is 0.465 e. The molecule has 0 aromatic heterocycles. The number of rotatable bonds is 3. The number of nitrogens with one attached hydrogen (secondary N) is 1. The van der Waals surface area contributed by atoms with Crippen LogP contribution in [0.25, 0.3) is 0 Å². The van der Waals surface area contributed by atoms with Gasteiger partial charge in [-0.1, -0.05) is 0 Å². The molecule has 2 aliphatic heterocycles. The van der Waals surface area contributed by atoms with Gasteiger partial charge in [0.15, 0.2) is 0 Å². The molecule has 6 nitrogen and oxygen atoms in total. The van der Waals surface area contributed by atoms with Gasteiger partial charge in [0, 0.05) is 17.9 Å². The number of carbonyl (C=O) groups is 3. The molecule has 2 fully saturated rings. The van der Waals surface area contributed by atoms with Crippen molar-refractivity contribution < 1.29 is 19.1 Å². The minimum absolute atomic E-state index is 0.0405. The van der Waals surface area contributed by atoms with Crippen molar-refractivity contribution in [3.63, 3.8) is 0 Å². The van der Waals surface area contributed by atoms with Gasteiger partial charge in [-0.15, -0.1) is 11.8 Å². The molecule has 2 aliphatic rings. The Labute approximate surface area is 138 Å². The van der Waals surface area contributed by atoms with E-state index in [0.717, 1.165) is 6.42 Å². The SMILES string of the molecule is COC(=O)c1ccc(NC(=O)C2CSC3(C)CCC(=O)N23)cc1. The second kappa shape index (κ2) is 5.88. The van der Waals surface area contributed by atoms with E-state index in [4.69, 9.17) is 0 Å². The van der Waals surface area contributed by atoms with Crippen LogP contribution in [0.15, 0.2) is 24.3 Å². The van der Waals surface area contributed by atoms with E-state index in [1.54, 1.807) is 40.9 Å². The van der Waals surface area contributed by atoms with Crippen LogP contribution in [-0.2, 0) is 14.3 Å². The Kier molecular flexibility index (Phi) is 4.06. The van der Waals surface area contributed by atoms with Crippen molar-refractivity contribution >= 4 is 35.2 Å². The lowest BCUT2D eigenvalue weighted by Gasteiger charge is -2.29. The van der Waals surface area contributed by atoms with Gasteiger partial charge in [-0.25, -0.2) is 4.79 Å². The summed E-state index contributed by atoms with van der Waals surface area (Å²) < 4.78 is 4.64. The maximum Gasteiger partial charge on any atom is 0.337 e. The number of benzene rings is 1. The van der Waals surface area contributed by atoms with E-state index in [-0.39, 0.29) is 16.7 Å². The van der Waals surface area contributed by atoms with Gasteiger partial charge >= 0.3 is 5.97 Å². The standard InChI is InChI=1S/C16H18N2O4S/c1-16-8-7-13(19)18(16)12(9-23-16)14(20)17-11-5-3-10(4-6-11)15(21)22-2/h3-6,12H,7-9H2,1-2H3,(H,17,20). The molecule has 1 N–H and O–H groups in total. The van der Waals surface area contributed by atoms with E-state index >= 15 is 0 Å². The van der Waals surface area contributed by atoms with Crippen molar-refractivity contribution in [2.45, 2.75) is 30.7 Å². The number of fused-ring (bicyclic) bond motifs is 1. The molecule has 2 heterocycles. The molecular weight excluding hydrogens is 316 g/mol. The van der Waals surface area contributed by atoms with Gasteiger partial charge in [0.2, 0.25) is 11.8 Å². The average Bonchev–Trinajstić information content (AvgIpc) is 3.04. The first kappa shape index (κ1) is 15.9. The first-order valence-electron chi connectivity index (χ1n) is 7.40. The van der Waals surface area contributed by atoms with Crippen LogP contribution in [0.4, 0.5) is 5.69 Å². The van der Waals surface area contributed by atoms with E-state index in [1.165, 1.54) is 7.11 Å². The molecule has 1 aromatic carbocycles. The van der Waals surface area contributed by atoms with Gasteiger partial charge in [-0.05, 0) is 37.6 Å². The Balaban J connectivity index is 1.70.